The first kappa shape index (κ1) is 7.47. The van der Waals surface area contributed by atoms with Crippen molar-refractivity contribution < 1.29 is 4.42 Å². The topological polar surface area (TPSA) is 38.9 Å². The van der Waals surface area contributed by atoms with Crippen LogP contribution in [0.2, 0.25) is 0 Å². The van der Waals surface area contributed by atoms with E-state index in [1.54, 1.807) is 24.9 Å². The molecule has 0 atom stereocenters. The Morgan fingerprint density at radius 2 is 1.27 bits per heavy atom. The standard InChI is InChI=1S/C4H4N2.C4H4O/c1-2-4-6-5-3-1;1-2-4-5-3-1/h1-4H;1-4H. The second-order valence-corrected chi connectivity index (χ2v) is 1.71. The Morgan fingerprint density at radius 1 is 0.727 bits per heavy atom. The molecular weight excluding hydrogens is 140 g/mol. The highest BCUT2D eigenvalue weighted by molar-refractivity contribution is 4.80. The third-order valence-corrected chi connectivity index (χ3v) is 0.909. The van der Waals surface area contributed by atoms with Gasteiger partial charge < -0.3 is 4.42 Å². The molecule has 11 heavy (non-hydrogen) atoms. The molecule has 2 heterocycles. The highest BCUT2D eigenvalue weighted by atomic mass is 16.3. The molecule has 2 rings (SSSR count). The van der Waals surface area contributed by atoms with Gasteiger partial charge in [-0.2, -0.15) is 10.2 Å². The van der Waals surface area contributed by atoms with Gasteiger partial charge in [0.1, 0.15) is 0 Å². The fraction of sp³-hybridized carbons (Fsp3) is 0. The van der Waals surface area contributed by atoms with Gasteiger partial charge in [0.15, 0.2) is 0 Å². The molecule has 0 radical (unpaired) electrons. The van der Waals surface area contributed by atoms with Crippen molar-refractivity contribution in [1.82, 2.24) is 10.2 Å². The van der Waals surface area contributed by atoms with E-state index >= 15 is 0 Å². The van der Waals surface area contributed by atoms with Gasteiger partial charge in [0, 0.05) is 12.4 Å². The Balaban J connectivity index is 0.000000112. The fourth-order valence-corrected chi connectivity index (χ4v) is 0.480. The Labute approximate surface area is 64.7 Å². The predicted molar refractivity (Wildman–Crippen MR) is 40.7 cm³/mol. The average molecular weight is 148 g/mol. The number of aromatic nitrogens is 2. The molecule has 0 N–H and O–H groups in total. The molecule has 0 fully saturated rings. The van der Waals surface area contributed by atoms with Crippen LogP contribution < -0.4 is 0 Å². The van der Waals surface area contributed by atoms with E-state index < -0.39 is 0 Å². The van der Waals surface area contributed by atoms with E-state index in [4.69, 9.17) is 0 Å². The Kier molecular flexibility index (Phi) is 3.51. The zero-order chi connectivity index (χ0) is 7.78. The maximum Gasteiger partial charge on any atom is 0.0902 e. The number of rotatable bonds is 0. The smallest absolute Gasteiger partial charge is 0.0902 e. The van der Waals surface area contributed by atoms with Gasteiger partial charge in [-0.25, -0.2) is 0 Å². The van der Waals surface area contributed by atoms with Crippen LogP contribution in [0.4, 0.5) is 0 Å². The molecule has 0 unspecified atom stereocenters. The van der Waals surface area contributed by atoms with Crippen molar-refractivity contribution in [2.75, 3.05) is 0 Å². The minimum absolute atomic E-state index is 1.62. The zero-order valence-corrected chi connectivity index (χ0v) is 5.92. The highest BCUT2D eigenvalue weighted by Crippen LogP contribution is 1.79. The van der Waals surface area contributed by atoms with E-state index in [9.17, 15) is 0 Å². The lowest BCUT2D eigenvalue weighted by atomic mass is 10.6. The molecule has 2 aromatic rings. The Bertz CT molecular complexity index is 198. The van der Waals surface area contributed by atoms with Crippen molar-refractivity contribution in [3.05, 3.63) is 49.2 Å². The molecule has 3 nitrogen and oxygen atoms in total. The summed E-state index contributed by atoms with van der Waals surface area (Å²) in [6.07, 6.45) is 6.53. The van der Waals surface area contributed by atoms with Crippen LogP contribution in [0.5, 0.6) is 0 Å². The van der Waals surface area contributed by atoms with Crippen LogP contribution in [0.25, 0.3) is 0 Å². The summed E-state index contributed by atoms with van der Waals surface area (Å²) in [6, 6.07) is 7.32. The Morgan fingerprint density at radius 3 is 1.45 bits per heavy atom. The lowest BCUT2D eigenvalue weighted by Gasteiger charge is -1.69. The van der Waals surface area contributed by atoms with Gasteiger partial charge in [-0.05, 0) is 24.3 Å². The van der Waals surface area contributed by atoms with Gasteiger partial charge in [-0.15, -0.1) is 0 Å². The number of furan rings is 1. The monoisotopic (exact) mass is 148 g/mol. The van der Waals surface area contributed by atoms with Crippen molar-refractivity contribution >= 4 is 0 Å². The quantitative estimate of drug-likeness (QED) is 0.571. The second-order valence-electron chi connectivity index (χ2n) is 1.71. The minimum Gasteiger partial charge on any atom is -0.473 e. The van der Waals surface area contributed by atoms with Gasteiger partial charge in [0.05, 0.1) is 12.5 Å². The molecule has 0 saturated carbocycles. The maximum absolute atomic E-state index is 4.58. The van der Waals surface area contributed by atoms with Crippen molar-refractivity contribution in [2.24, 2.45) is 0 Å². The molecule has 0 bridgehead atoms. The van der Waals surface area contributed by atoms with E-state index in [-0.39, 0.29) is 0 Å². The number of hydrogen-bond donors (Lipinski definition) is 0. The normalized spacial score (nSPS) is 8.00. The lowest BCUT2D eigenvalue weighted by molar-refractivity contribution is 0.567. The molecular formula is C8H8N2O. The maximum atomic E-state index is 4.58. The van der Waals surface area contributed by atoms with Crippen molar-refractivity contribution in [3.8, 4) is 0 Å². The summed E-state index contributed by atoms with van der Waals surface area (Å²) in [5.74, 6) is 0. The van der Waals surface area contributed by atoms with Crippen LogP contribution in [0, 0.1) is 0 Å². The summed E-state index contributed by atoms with van der Waals surface area (Å²) in [5.41, 5.74) is 0. The van der Waals surface area contributed by atoms with Crippen LogP contribution in [-0.2, 0) is 0 Å². The molecule has 56 valence electrons. The molecule has 0 aliphatic heterocycles. The summed E-state index contributed by atoms with van der Waals surface area (Å²) in [6.45, 7) is 0. The Hall–Kier alpha value is -1.64. The molecule has 2 aromatic heterocycles. The third kappa shape index (κ3) is 3.86. The van der Waals surface area contributed by atoms with E-state index in [1.807, 2.05) is 24.3 Å². The van der Waals surface area contributed by atoms with E-state index in [0.717, 1.165) is 0 Å². The van der Waals surface area contributed by atoms with Gasteiger partial charge in [0.2, 0.25) is 0 Å². The van der Waals surface area contributed by atoms with Crippen molar-refractivity contribution in [3.63, 3.8) is 0 Å². The first-order valence-electron chi connectivity index (χ1n) is 3.19. The summed E-state index contributed by atoms with van der Waals surface area (Å²) in [5, 5.41) is 7.07. The summed E-state index contributed by atoms with van der Waals surface area (Å²) in [4.78, 5) is 0. The molecule has 0 aliphatic carbocycles. The van der Waals surface area contributed by atoms with Gasteiger partial charge >= 0.3 is 0 Å². The van der Waals surface area contributed by atoms with E-state index in [1.165, 1.54) is 0 Å². The largest absolute Gasteiger partial charge is 0.473 e. The molecule has 0 saturated heterocycles. The summed E-state index contributed by atoms with van der Waals surface area (Å²) < 4.78 is 4.58. The summed E-state index contributed by atoms with van der Waals surface area (Å²) in [7, 11) is 0. The lowest BCUT2D eigenvalue weighted by Crippen LogP contribution is -1.69. The van der Waals surface area contributed by atoms with Gasteiger partial charge in [-0.3, -0.25) is 0 Å². The first-order chi connectivity index (χ1) is 5.50. The third-order valence-electron chi connectivity index (χ3n) is 0.909. The van der Waals surface area contributed by atoms with E-state index in [0.29, 0.717) is 0 Å². The van der Waals surface area contributed by atoms with Gasteiger partial charge in [0.25, 0.3) is 0 Å². The van der Waals surface area contributed by atoms with Crippen LogP contribution in [-0.4, -0.2) is 10.2 Å². The van der Waals surface area contributed by atoms with Crippen LogP contribution >= 0.6 is 0 Å². The van der Waals surface area contributed by atoms with Crippen molar-refractivity contribution in [1.29, 1.82) is 0 Å². The highest BCUT2D eigenvalue weighted by Gasteiger charge is 1.59. The zero-order valence-electron chi connectivity index (χ0n) is 5.92. The van der Waals surface area contributed by atoms with Crippen molar-refractivity contribution in [2.45, 2.75) is 0 Å². The SMILES string of the molecule is c1ccnnc1.c1ccoc1. The van der Waals surface area contributed by atoms with Gasteiger partial charge in [-0.1, -0.05) is 0 Å². The molecule has 0 aromatic carbocycles. The number of hydrogen-bond acceptors (Lipinski definition) is 3. The predicted octanol–water partition coefficient (Wildman–Crippen LogP) is 1.76. The van der Waals surface area contributed by atoms with Crippen LogP contribution in [0.15, 0.2) is 53.6 Å². The summed E-state index contributed by atoms with van der Waals surface area (Å²) >= 11 is 0. The second kappa shape index (κ2) is 5.17. The molecule has 0 spiro atoms. The molecule has 0 amide bonds. The first-order valence-corrected chi connectivity index (χ1v) is 3.19. The molecule has 3 heteroatoms. The average Bonchev–Trinajstić information content (AvgIpc) is 2.64. The van der Waals surface area contributed by atoms with E-state index in [2.05, 4.69) is 14.6 Å². The fourth-order valence-electron chi connectivity index (χ4n) is 0.480. The van der Waals surface area contributed by atoms with Crippen LogP contribution in [0.3, 0.4) is 0 Å². The minimum atomic E-state index is 1.62. The van der Waals surface area contributed by atoms with Crippen LogP contribution in [0.1, 0.15) is 0 Å². The molecule has 0 aliphatic rings. The number of nitrogens with zero attached hydrogens (tertiary/aromatic N) is 2.